The molecule has 1 rings (SSSR count). The molecule has 1 amide bonds. The fraction of sp³-hybridized carbons (Fsp3) is 0.750. The second kappa shape index (κ2) is 4.98. The number of hydrogen-bond donors (Lipinski definition) is 1. The Morgan fingerprint density at radius 3 is 2.60 bits per heavy atom. The molecule has 15 heavy (non-hydrogen) atoms. The molecule has 1 unspecified atom stereocenters. The van der Waals surface area contributed by atoms with Crippen molar-refractivity contribution in [1.29, 1.82) is 0 Å². The van der Waals surface area contributed by atoms with Gasteiger partial charge in [0, 0.05) is 13.0 Å². The highest BCUT2D eigenvalue weighted by Crippen LogP contribution is 2.21. The lowest BCUT2D eigenvalue weighted by Gasteiger charge is -2.26. The Labute approximate surface area is 93.5 Å². The number of amides is 1. The molecule has 0 spiro atoms. The summed E-state index contributed by atoms with van der Waals surface area (Å²) in [5, 5.41) is 2.05. The molecular weight excluding hydrogens is 276 g/mol. The van der Waals surface area contributed by atoms with Gasteiger partial charge in [0.05, 0.1) is 11.9 Å². The summed E-state index contributed by atoms with van der Waals surface area (Å²) in [5.41, 5.74) is -1.28. The average molecular weight is 286 g/mol. The van der Waals surface area contributed by atoms with E-state index in [0.717, 1.165) is 0 Å². The SMILES string of the molecule is O=C(NC1(C(=O)CBr)CCOC1)C(F)F. The van der Waals surface area contributed by atoms with Crippen molar-refractivity contribution in [2.24, 2.45) is 0 Å². The number of Topliss-reactive ketones (excluding diaryl/α,β-unsaturated/α-hetero) is 1. The highest BCUT2D eigenvalue weighted by atomic mass is 79.9. The molecule has 0 radical (unpaired) electrons. The van der Waals surface area contributed by atoms with Gasteiger partial charge < -0.3 is 10.1 Å². The summed E-state index contributed by atoms with van der Waals surface area (Å²) in [4.78, 5) is 22.3. The molecule has 1 aliphatic rings. The van der Waals surface area contributed by atoms with E-state index in [4.69, 9.17) is 4.74 Å². The number of alkyl halides is 3. The lowest BCUT2D eigenvalue weighted by Crippen LogP contribution is -2.57. The number of ether oxygens (including phenoxy) is 1. The van der Waals surface area contributed by atoms with Crippen LogP contribution in [-0.2, 0) is 14.3 Å². The molecule has 0 aromatic heterocycles. The highest BCUT2D eigenvalue weighted by Gasteiger charge is 2.43. The molecule has 1 heterocycles. The van der Waals surface area contributed by atoms with Crippen LogP contribution in [0.2, 0.25) is 0 Å². The lowest BCUT2D eigenvalue weighted by atomic mass is 9.94. The third-order valence-corrected chi connectivity index (χ3v) is 2.75. The van der Waals surface area contributed by atoms with Crippen molar-refractivity contribution in [1.82, 2.24) is 5.32 Å². The van der Waals surface area contributed by atoms with E-state index < -0.39 is 17.9 Å². The molecule has 1 saturated heterocycles. The van der Waals surface area contributed by atoms with Crippen LogP contribution in [0.15, 0.2) is 0 Å². The Morgan fingerprint density at radius 1 is 1.53 bits per heavy atom. The van der Waals surface area contributed by atoms with Crippen LogP contribution < -0.4 is 5.32 Å². The van der Waals surface area contributed by atoms with Crippen molar-refractivity contribution >= 4 is 27.6 Å². The Balaban J connectivity index is 2.74. The van der Waals surface area contributed by atoms with Gasteiger partial charge in [-0.2, -0.15) is 8.78 Å². The highest BCUT2D eigenvalue weighted by molar-refractivity contribution is 9.09. The van der Waals surface area contributed by atoms with Gasteiger partial charge in [0.2, 0.25) is 0 Å². The number of carbonyl (C=O) groups is 2. The van der Waals surface area contributed by atoms with Gasteiger partial charge in [0.25, 0.3) is 5.91 Å². The Hall–Kier alpha value is -0.560. The molecule has 1 atom stereocenters. The predicted molar refractivity (Wildman–Crippen MR) is 51.1 cm³/mol. The van der Waals surface area contributed by atoms with Crippen LogP contribution in [0.4, 0.5) is 8.78 Å². The van der Waals surface area contributed by atoms with E-state index in [2.05, 4.69) is 15.9 Å². The van der Waals surface area contributed by atoms with Crippen LogP contribution in [-0.4, -0.2) is 42.2 Å². The van der Waals surface area contributed by atoms with Crippen molar-refractivity contribution in [3.05, 3.63) is 0 Å². The lowest BCUT2D eigenvalue weighted by molar-refractivity contribution is -0.137. The Kier molecular flexibility index (Phi) is 4.15. The summed E-state index contributed by atoms with van der Waals surface area (Å²) >= 11 is 2.94. The maximum atomic E-state index is 12.0. The Morgan fingerprint density at radius 2 is 2.20 bits per heavy atom. The summed E-state index contributed by atoms with van der Waals surface area (Å²) in [6.45, 7) is 0.234. The van der Waals surface area contributed by atoms with Gasteiger partial charge in [-0.1, -0.05) is 15.9 Å². The van der Waals surface area contributed by atoms with E-state index >= 15 is 0 Å². The first-order chi connectivity index (χ1) is 7.02. The van der Waals surface area contributed by atoms with Crippen molar-refractivity contribution < 1.29 is 23.1 Å². The van der Waals surface area contributed by atoms with Crippen LogP contribution in [0.1, 0.15) is 6.42 Å². The predicted octanol–water partition coefficient (Wildman–Crippen LogP) is 0.491. The first-order valence-corrected chi connectivity index (χ1v) is 5.41. The minimum Gasteiger partial charge on any atom is -0.378 e. The minimum absolute atomic E-state index is 0.000121. The molecule has 0 bridgehead atoms. The topological polar surface area (TPSA) is 55.4 Å². The molecule has 1 N–H and O–H groups in total. The summed E-state index contributed by atoms with van der Waals surface area (Å²) in [5.74, 6) is -1.79. The van der Waals surface area contributed by atoms with Gasteiger partial charge in [-0.25, -0.2) is 0 Å². The third kappa shape index (κ3) is 2.72. The van der Waals surface area contributed by atoms with E-state index in [-0.39, 0.29) is 30.7 Å². The number of ketones is 1. The second-order valence-electron chi connectivity index (χ2n) is 3.23. The van der Waals surface area contributed by atoms with Crippen LogP contribution in [0.5, 0.6) is 0 Å². The van der Waals surface area contributed by atoms with Crippen LogP contribution in [0.3, 0.4) is 0 Å². The summed E-state index contributed by atoms with van der Waals surface area (Å²) < 4.78 is 29.0. The monoisotopic (exact) mass is 285 g/mol. The van der Waals surface area contributed by atoms with Gasteiger partial charge in [0.1, 0.15) is 5.54 Å². The normalized spacial score (nSPS) is 25.6. The first kappa shape index (κ1) is 12.5. The zero-order chi connectivity index (χ0) is 11.5. The summed E-state index contributed by atoms with van der Waals surface area (Å²) in [6, 6.07) is 0. The molecule has 0 aromatic carbocycles. The largest absolute Gasteiger partial charge is 0.378 e. The smallest absolute Gasteiger partial charge is 0.315 e. The first-order valence-electron chi connectivity index (χ1n) is 4.29. The van der Waals surface area contributed by atoms with Crippen molar-refractivity contribution in [3.63, 3.8) is 0 Å². The van der Waals surface area contributed by atoms with Gasteiger partial charge in [-0.15, -0.1) is 0 Å². The van der Waals surface area contributed by atoms with Gasteiger partial charge in [-0.3, -0.25) is 9.59 Å². The van der Waals surface area contributed by atoms with E-state index in [0.29, 0.717) is 0 Å². The van der Waals surface area contributed by atoms with Gasteiger partial charge in [0.15, 0.2) is 5.78 Å². The Bertz CT molecular complexity index is 267. The van der Waals surface area contributed by atoms with E-state index in [1.807, 2.05) is 5.32 Å². The number of nitrogens with one attached hydrogen (secondary N) is 1. The van der Waals surface area contributed by atoms with Crippen molar-refractivity contribution in [2.45, 2.75) is 18.4 Å². The minimum atomic E-state index is -3.12. The molecule has 0 aromatic rings. The number of hydrogen-bond acceptors (Lipinski definition) is 3. The van der Waals surface area contributed by atoms with Crippen LogP contribution in [0.25, 0.3) is 0 Å². The van der Waals surface area contributed by atoms with Crippen LogP contribution >= 0.6 is 15.9 Å². The molecule has 7 heteroatoms. The van der Waals surface area contributed by atoms with Gasteiger partial charge in [-0.05, 0) is 0 Å². The maximum Gasteiger partial charge on any atom is 0.315 e. The zero-order valence-corrected chi connectivity index (χ0v) is 9.35. The fourth-order valence-electron chi connectivity index (χ4n) is 1.37. The second-order valence-corrected chi connectivity index (χ2v) is 3.79. The third-order valence-electron chi connectivity index (χ3n) is 2.24. The molecule has 0 saturated carbocycles. The number of rotatable bonds is 4. The number of halogens is 3. The molecule has 86 valence electrons. The summed E-state index contributed by atoms with van der Waals surface area (Å²) in [6.07, 6.45) is -2.89. The maximum absolute atomic E-state index is 12.0. The molecule has 0 aliphatic carbocycles. The van der Waals surface area contributed by atoms with Crippen molar-refractivity contribution in [3.8, 4) is 0 Å². The van der Waals surface area contributed by atoms with E-state index in [1.54, 1.807) is 0 Å². The average Bonchev–Trinajstić information content (AvgIpc) is 2.66. The fourth-order valence-corrected chi connectivity index (χ4v) is 1.91. The van der Waals surface area contributed by atoms with E-state index in [9.17, 15) is 18.4 Å². The van der Waals surface area contributed by atoms with E-state index in [1.165, 1.54) is 0 Å². The van der Waals surface area contributed by atoms with Crippen molar-refractivity contribution in [2.75, 3.05) is 18.5 Å². The van der Waals surface area contributed by atoms with Crippen LogP contribution in [0, 0.1) is 0 Å². The van der Waals surface area contributed by atoms with Gasteiger partial charge >= 0.3 is 6.43 Å². The standard InChI is InChI=1S/C8H10BrF2NO3/c9-3-5(13)8(1-2-15-4-8)12-7(14)6(10)11/h6H,1-4H2,(H,12,14). The summed E-state index contributed by atoms with van der Waals surface area (Å²) in [7, 11) is 0. The zero-order valence-electron chi connectivity index (χ0n) is 7.76. The molecule has 1 fully saturated rings. The molecular formula is C8H10BrF2NO3. The quantitative estimate of drug-likeness (QED) is 0.765. The number of carbonyl (C=O) groups excluding carboxylic acids is 2. The molecule has 1 aliphatic heterocycles. The molecule has 4 nitrogen and oxygen atoms in total.